The molecule has 2 aromatic carbocycles. The van der Waals surface area contributed by atoms with E-state index >= 15 is 0 Å². The lowest BCUT2D eigenvalue weighted by atomic mass is 10.0. The van der Waals surface area contributed by atoms with Crippen molar-refractivity contribution in [3.8, 4) is 16.9 Å². The maximum absolute atomic E-state index is 12.2. The highest BCUT2D eigenvalue weighted by Crippen LogP contribution is 2.36. The fraction of sp³-hybridized carbons (Fsp3) is 0.333. The van der Waals surface area contributed by atoms with Gasteiger partial charge in [-0.3, -0.25) is 0 Å². The summed E-state index contributed by atoms with van der Waals surface area (Å²) in [6, 6.07) is 11.2. The maximum Gasteiger partial charge on any atom is 0.410 e. The fourth-order valence-corrected chi connectivity index (χ4v) is 3.98. The highest BCUT2D eigenvalue weighted by atomic mass is 35.5. The number of anilines is 1. The lowest BCUT2D eigenvalue weighted by Gasteiger charge is -2.39. The second-order valence-electron chi connectivity index (χ2n) is 9.90. The number of hydrogen-bond acceptors (Lipinski definition) is 7. The van der Waals surface area contributed by atoms with Crippen molar-refractivity contribution in [1.82, 2.24) is 14.9 Å². The predicted octanol–water partition coefficient (Wildman–Crippen LogP) is 5.41. The maximum atomic E-state index is 12.2. The molecule has 0 radical (unpaired) electrons. The molecule has 1 aliphatic rings. The molecule has 0 spiro atoms. The number of carboxylic acid groups (broad SMARTS) is 1. The lowest BCUT2D eigenvalue weighted by Crippen LogP contribution is -2.57. The van der Waals surface area contributed by atoms with Crippen LogP contribution in [0.25, 0.3) is 11.1 Å². The summed E-state index contributed by atoms with van der Waals surface area (Å²) in [6.07, 6.45) is 2.45. The number of hydrogen-bond donors (Lipinski definition) is 2. The Morgan fingerprint density at radius 1 is 1.14 bits per heavy atom. The molecule has 3 aromatic rings. The van der Waals surface area contributed by atoms with Gasteiger partial charge in [0.25, 0.3) is 0 Å². The summed E-state index contributed by atoms with van der Waals surface area (Å²) in [4.78, 5) is 34.3. The minimum atomic E-state index is -1.18. The molecular formula is C27H29ClN4O5. The Morgan fingerprint density at radius 3 is 2.46 bits per heavy atom. The molecule has 10 heteroatoms. The second kappa shape index (κ2) is 10.6. The molecule has 0 bridgehead atoms. The summed E-state index contributed by atoms with van der Waals surface area (Å²) in [5.74, 6) is -0.518. The Labute approximate surface area is 220 Å². The minimum Gasteiger partial charge on any atom is -0.485 e. The molecule has 1 aromatic heterocycles. The van der Waals surface area contributed by atoms with Crippen molar-refractivity contribution in [2.75, 3.05) is 18.4 Å². The molecule has 1 fully saturated rings. The highest BCUT2D eigenvalue weighted by molar-refractivity contribution is 6.35. The second-order valence-corrected chi connectivity index (χ2v) is 10.3. The van der Waals surface area contributed by atoms with Crippen molar-refractivity contribution in [3.63, 3.8) is 0 Å². The van der Waals surface area contributed by atoms with Crippen molar-refractivity contribution in [3.05, 3.63) is 70.5 Å². The van der Waals surface area contributed by atoms with Crippen molar-refractivity contribution in [2.45, 2.75) is 45.9 Å². The van der Waals surface area contributed by atoms with Gasteiger partial charge in [-0.15, -0.1) is 0 Å². The predicted molar refractivity (Wildman–Crippen MR) is 140 cm³/mol. The Morgan fingerprint density at radius 2 is 1.84 bits per heavy atom. The van der Waals surface area contributed by atoms with Crippen LogP contribution in [0.3, 0.4) is 0 Å². The number of aromatic carboxylic acids is 1. The van der Waals surface area contributed by atoms with Crippen LogP contribution < -0.4 is 10.1 Å². The summed E-state index contributed by atoms with van der Waals surface area (Å²) in [5.41, 5.74) is 2.74. The van der Waals surface area contributed by atoms with E-state index in [1.165, 1.54) is 16.5 Å². The van der Waals surface area contributed by atoms with Crippen LogP contribution in [0.5, 0.6) is 5.75 Å². The normalized spacial score (nSPS) is 13.6. The van der Waals surface area contributed by atoms with Gasteiger partial charge in [-0.05, 0) is 51.0 Å². The first-order valence-corrected chi connectivity index (χ1v) is 12.2. The first-order valence-electron chi connectivity index (χ1n) is 11.8. The van der Waals surface area contributed by atoms with Crippen LogP contribution in [0.2, 0.25) is 5.02 Å². The van der Waals surface area contributed by atoms with Crippen molar-refractivity contribution < 1.29 is 24.2 Å². The molecule has 37 heavy (non-hydrogen) atoms. The topological polar surface area (TPSA) is 114 Å². The number of nitrogens with one attached hydrogen (secondary N) is 1. The van der Waals surface area contributed by atoms with E-state index in [-0.39, 0.29) is 22.4 Å². The van der Waals surface area contributed by atoms with Crippen LogP contribution in [0.4, 0.5) is 10.7 Å². The Hall–Kier alpha value is -3.85. The van der Waals surface area contributed by atoms with Gasteiger partial charge in [-0.25, -0.2) is 19.6 Å². The summed E-state index contributed by atoms with van der Waals surface area (Å²) in [7, 11) is 0. The molecule has 0 saturated carbocycles. The Balaban J connectivity index is 1.46. The zero-order valence-electron chi connectivity index (χ0n) is 21.1. The zero-order chi connectivity index (χ0) is 26.7. The molecule has 0 aliphatic carbocycles. The molecule has 2 N–H and O–H groups in total. The number of likely N-dealkylation sites (tertiary alicyclic amines) is 1. The number of halogens is 1. The number of carbonyl (C=O) groups is 2. The van der Waals surface area contributed by atoms with Crippen molar-refractivity contribution in [2.24, 2.45) is 0 Å². The van der Waals surface area contributed by atoms with Gasteiger partial charge in [-0.1, -0.05) is 41.4 Å². The number of nitrogens with zero attached hydrogens (tertiary/aromatic N) is 3. The minimum absolute atomic E-state index is 0.00988. The Kier molecular flexibility index (Phi) is 7.54. The van der Waals surface area contributed by atoms with Crippen LogP contribution in [-0.2, 0) is 11.3 Å². The third kappa shape index (κ3) is 6.68. The summed E-state index contributed by atoms with van der Waals surface area (Å²) in [6.45, 7) is 8.62. The number of benzene rings is 2. The molecule has 9 nitrogen and oxygen atoms in total. The van der Waals surface area contributed by atoms with E-state index in [2.05, 4.69) is 21.4 Å². The van der Waals surface area contributed by atoms with Crippen LogP contribution in [0.15, 0.2) is 48.8 Å². The van der Waals surface area contributed by atoms with E-state index in [1.807, 2.05) is 25.1 Å². The van der Waals surface area contributed by atoms with Crippen LogP contribution in [0, 0.1) is 6.92 Å². The zero-order valence-corrected chi connectivity index (χ0v) is 21.9. The summed E-state index contributed by atoms with van der Waals surface area (Å²) >= 11 is 6.36. The van der Waals surface area contributed by atoms with E-state index < -0.39 is 17.7 Å². The molecule has 1 amide bonds. The van der Waals surface area contributed by atoms with Crippen molar-refractivity contribution >= 4 is 29.6 Å². The third-order valence-electron chi connectivity index (χ3n) is 5.58. The molecule has 1 saturated heterocycles. The highest BCUT2D eigenvalue weighted by Gasteiger charge is 2.35. The summed E-state index contributed by atoms with van der Waals surface area (Å²) in [5, 5.41) is 12.9. The molecular weight excluding hydrogens is 496 g/mol. The average molecular weight is 525 g/mol. The van der Waals surface area contributed by atoms with Crippen LogP contribution >= 0.6 is 11.6 Å². The van der Waals surface area contributed by atoms with E-state index in [1.54, 1.807) is 39.2 Å². The summed E-state index contributed by atoms with van der Waals surface area (Å²) < 4.78 is 11.3. The molecule has 194 valence electrons. The standard InChI is InChI=1S/C27H29ClN4O5/c1-16-6-5-7-17(8-16)11-29-25-30-12-19(13-31-25)18-9-21(24(33)34)23(28)22(10-18)36-20-14-32(15-20)26(35)37-27(2,3)4/h5-10,12-13,20H,11,14-15H2,1-4H3,(H,33,34)(H,29,30,31). The van der Waals surface area contributed by atoms with E-state index in [9.17, 15) is 14.7 Å². The fourth-order valence-electron chi connectivity index (χ4n) is 3.75. The van der Waals surface area contributed by atoms with Crippen molar-refractivity contribution in [1.29, 1.82) is 0 Å². The lowest BCUT2D eigenvalue weighted by molar-refractivity contribution is -0.0221. The van der Waals surface area contributed by atoms with E-state index in [4.69, 9.17) is 21.1 Å². The molecule has 0 unspecified atom stereocenters. The molecule has 4 rings (SSSR count). The van der Waals surface area contributed by atoms with Gasteiger partial charge in [0.2, 0.25) is 5.95 Å². The monoisotopic (exact) mass is 524 g/mol. The van der Waals surface area contributed by atoms with Gasteiger partial charge in [0.1, 0.15) is 17.5 Å². The number of rotatable bonds is 7. The van der Waals surface area contributed by atoms with E-state index in [0.29, 0.717) is 36.7 Å². The Bertz CT molecular complexity index is 1300. The van der Waals surface area contributed by atoms with Crippen LogP contribution in [0.1, 0.15) is 42.3 Å². The number of amides is 1. The van der Waals surface area contributed by atoms with Gasteiger partial charge in [0.15, 0.2) is 0 Å². The molecule has 0 atom stereocenters. The number of aromatic nitrogens is 2. The number of ether oxygens (including phenoxy) is 2. The van der Waals surface area contributed by atoms with Gasteiger partial charge in [-0.2, -0.15) is 0 Å². The van der Waals surface area contributed by atoms with Gasteiger partial charge in [0, 0.05) is 24.5 Å². The van der Waals surface area contributed by atoms with E-state index in [0.717, 1.165) is 5.56 Å². The average Bonchev–Trinajstić information content (AvgIpc) is 2.79. The SMILES string of the molecule is Cc1cccc(CNc2ncc(-c3cc(OC4CN(C(=O)OC(C)(C)C)C4)c(Cl)c(C(=O)O)c3)cn2)c1. The quantitative estimate of drug-likeness (QED) is 0.421. The third-order valence-corrected chi connectivity index (χ3v) is 5.97. The molecule has 1 aliphatic heterocycles. The van der Waals surface area contributed by atoms with Gasteiger partial charge < -0.3 is 24.8 Å². The number of carbonyl (C=O) groups excluding carboxylic acids is 1. The number of carboxylic acids is 1. The smallest absolute Gasteiger partial charge is 0.410 e. The first kappa shape index (κ1) is 26.2. The molecule has 2 heterocycles. The number of aryl methyl sites for hydroxylation is 1. The van der Waals surface area contributed by atoms with Gasteiger partial charge >= 0.3 is 12.1 Å². The van der Waals surface area contributed by atoms with Gasteiger partial charge in [0.05, 0.1) is 23.7 Å². The van der Waals surface area contributed by atoms with Crippen LogP contribution in [-0.4, -0.2) is 56.8 Å². The largest absolute Gasteiger partial charge is 0.485 e. The first-order chi connectivity index (χ1) is 17.5.